The quantitative estimate of drug-likeness (QED) is 0.679. The Bertz CT molecular complexity index is 502. The Balaban J connectivity index is 2.50. The monoisotopic (exact) mass is 291 g/mol. The highest BCUT2D eigenvalue weighted by Crippen LogP contribution is 2.06. The third-order valence-electron chi connectivity index (χ3n) is 3.28. The lowest BCUT2D eigenvalue weighted by Gasteiger charge is -2.21. The number of amides is 3. The molecule has 0 heterocycles. The van der Waals surface area contributed by atoms with Crippen LogP contribution in [0.4, 0.5) is 0 Å². The van der Waals surface area contributed by atoms with Crippen molar-refractivity contribution in [2.75, 3.05) is 6.54 Å². The average molecular weight is 291 g/mol. The van der Waals surface area contributed by atoms with Gasteiger partial charge in [-0.05, 0) is 18.1 Å². The molecule has 1 rings (SSSR count). The highest BCUT2D eigenvalue weighted by Gasteiger charge is 2.23. The maximum absolute atomic E-state index is 11.8. The first kappa shape index (κ1) is 16.7. The van der Waals surface area contributed by atoms with Gasteiger partial charge in [-0.2, -0.15) is 0 Å². The minimum Gasteiger partial charge on any atom is -0.368 e. The third-order valence-corrected chi connectivity index (χ3v) is 3.28. The molecule has 21 heavy (non-hydrogen) atoms. The summed E-state index contributed by atoms with van der Waals surface area (Å²) in [4.78, 5) is 34.9. The molecule has 0 unspecified atom stereocenters. The van der Waals surface area contributed by atoms with E-state index in [0.29, 0.717) is 12.0 Å². The van der Waals surface area contributed by atoms with E-state index in [1.807, 2.05) is 13.8 Å². The van der Waals surface area contributed by atoms with E-state index in [4.69, 9.17) is 5.73 Å². The predicted octanol–water partition coefficient (Wildman–Crippen LogP) is 0.433. The van der Waals surface area contributed by atoms with Crippen LogP contribution in [0, 0.1) is 5.92 Å². The summed E-state index contributed by atoms with van der Waals surface area (Å²) in [6.45, 7) is 3.54. The molecule has 3 amide bonds. The van der Waals surface area contributed by atoms with E-state index in [1.165, 1.54) is 0 Å². The molecule has 0 saturated heterocycles. The molecule has 6 nitrogen and oxygen atoms in total. The maximum Gasteiger partial charge on any atom is 0.251 e. The topological polar surface area (TPSA) is 101 Å². The summed E-state index contributed by atoms with van der Waals surface area (Å²) >= 11 is 0. The number of nitrogens with one attached hydrogen (secondary N) is 2. The SMILES string of the molecule is CC[C@@H](C)[C@@H](NC(=O)CNC(=O)c1ccccc1)C(N)=O. The number of rotatable bonds is 7. The van der Waals surface area contributed by atoms with Crippen molar-refractivity contribution in [3.05, 3.63) is 35.9 Å². The Labute approximate surface area is 124 Å². The van der Waals surface area contributed by atoms with Gasteiger partial charge in [-0.25, -0.2) is 0 Å². The Morgan fingerprint density at radius 2 is 1.81 bits per heavy atom. The van der Waals surface area contributed by atoms with Crippen LogP contribution in [0.3, 0.4) is 0 Å². The van der Waals surface area contributed by atoms with Crippen molar-refractivity contribution in [2.45, 2.75) is 26.3 Å². The molecular weight excluding hydrogens is 270 g/mol. The molecule has 0 bridgehead atoms. The fourth-order valence-corrected chi connectivity index (χ4v) is 1.81. The largest absolute Gasteiger partial charge is 0.368 e. The Hall–Kier alpha value is -2.37. The second-order valence-electron chi connectivity index (χ2n) is 4.88. The molecule has 0 spiro atoms. The molecular formula is C15H21N3O3. The summed E-state index contributed by atoms with van der Waals surface area (Å²) in [5, 5.41) is 5.04. The summed E-state index contributed by atoms with van der Waals surface area (Å²) in [5.41, 5.74) is 5.74. The van der Waals surface area contributed by atoms with E-state index < -0.39 is 17.9 Å². The van der Waals surface area contributed by atoms with Gasteiger partial charge in [-0.3, -0.25) is 14.4 Å². The van der Waals surface area contributed by atoms with Crippen LogP contribution in [0.2, 0.25) is 0 Å². The second-order valence-corrected chi connectivity index (χ2v) is 4.88. The highest BCUT2D eigenvalue weighted by atomic mass is 16.2. The molecule has 114 valence electrons. The molecule has 0 aliphatic rings. The molecule has 0 fully saturated rings. The lowest BCUT2D eigenvalue weighted by Crippen LogP contribution is -2.50. The zero-order valence-corrected chi connectivity index (χ0v) is 12.3. The van der Waals surface area contributed by atoms with Gasteiger partial charge in [-0.15, -0.1) is 0 Å². The predicted molar refractivity (Wildman–Crippen MR) is 79.4 cm³/mol. The van der Waals surface area contributed by atoms with Gasteiger partial charge in [0.25, 0.3) is 5.91 Å². The fourth-order valence-electron chi connectivity index (χ4n) is 1.81. The van der Waals surface area contributed by atoms with Crippen LogP contribution in [0.25, 0.3) is 0 Å². The summed E-state index contributed by atoms with van der Waals surface area (Å²) in [7, 11) is 0. The third kappa shape index (κ3) is 5.25. The van der Waals surface area contributed by atoms with Gasteiger partial charge in [0.1, 0.15) is 6.04 Å². The molecule has 2 atom stereocenters. The van der Waals surface area contributed by atoms with Gasteiger partial charge in [0.15, 0.2) is 0 Å². The van der Waals surface area contributed by atoms with E-state index >= 15 is 0 Å². The molecule has 0 aliphatic carbocycles. The van der Waals surface area contributed by atoms with Crippen LogP contribution in [-0.4, -0.2) is 30.3 Å². The van der Waals surface area contributed by atoms with E-state index in [1.54, 1.807) is 30.3 Å². The van der Waals surface area contributed by atoms with Crippen molar-refractivity contribution in [2.24, 2.45) is 11.7 Å². The Morgan fingerprint density at radius 1 is 1.19 bits per heavy atom. The first-order valence-corrected chi connectivity index (χ1v) is 6.87. The number of primary amides is 1. The first-order valence-electron chi connectivity index (χ1n) is 6.87. The number of hydrogen-bond donors (Lipinski definition) is 3. The Kier molecular flexibility index (Phi) is 6.39. The van der Waals surface area contributed by atoms with Crippen molar-refractivity contribution in [3.8, 4) is 0 Å². The average Bonchev–Trinajstić information content (AvgIpc) is 2.50. The van der Waals surface area contributed by atoms with Crippen molar-refractivity contribution in [1.82, 2.24) is 10.6 Å². The van der Waals surface area contributed by atoms with Gasteiger partial charge in [-0.1, -0.05) is 38.5 Å². The second kappa shape index (κ2) is 8.04. The number of benzene rings is 1. The Morgan fingerprint density at radius 3 is 2.33 bits per heavy atom. The van der Waals surface area contributed by atoms with E-state index in [0.717, 1.165) is 0 Å². The van der Waals surface area contributed by atoms with Gasteiger partial charge in [0.2, 0.25) is 11.8 Å². The van der Waals surface area contributed by atoms with E-state index in [9.17, 15) is 14.4 Å². The first-order chi connectivity index (χ1) is 9.95. The molecule has 0 radical (unpaired) electrons. The van der Waals surface area contributed by atoms with Crippen molar-refractivity contribution >= 4 is 17.7 Å². The molecule has 0 aromatic heterocycles. The molecule has 1 aromatic rings. The van der Waals surface area contributed by atoms with Gasteiger partial charge in [0.05, 0.1) is 6.54 Å². The normalized spacial score (nSPS) is 13.0. The molecule has 0 saturated carbocycles. The van der Waals surface area contributed by atoms with Gasteiger partial charge < -0.3 is 16.4 Å². The van der Waals surface area contributed by atoms with Crippen LogP contribution in [0.1, 0.15) is 30.6 Å². The fraction of sp³-hybridized carbons (Fsp3) is 0.400. The highest BCUT2D eigenvalue weighted by molar-refractivity contribution is 5.97. The summed E-state index contributed by atoms with van der Waals surface area (Å²) in [6, 6.07) is 7.85. The van der Waals surface area contributed by atoms with Crippen LogP contribution in [-0.2, 0) is 9.59 Å². The van der Waals surface area contributed by atoms with E-state index in [2.05, 4.69) is 10.6 Å². The number of carbonyl (C=O) groups is 3. The van der Waals surface area contributed by atoms with Crippen molar-refractivity contribution in [3.63, 3.8) is 0 Å². The van der Waals surface area contributed by atoms with Gasteiger partial charge >= 0.3 is 0 Å². The number of nitrogens with two attached hydrogens (primary N) is 1. The van der Waals surface area contributed by atoms with Crippen LogP contribution < -0.4 is 16.4 Å². The smallest absolute Gasteiger partial charge is 0.251 e. The molecule has 0 aliphatic heterocycles. The van der Waals surface area contributed by atoms with Crippen LogP contribution in [0.5, 0.6) is 0 Å². The lowest BCUT2D eigenvalue weighted by atomic mass is 9.98. The van der Waals surface area contributed by atoms with Crippen LogP contribution >= 0.6 is 0 Å². The standard InChI is InChI=1S/C15H21N3O3/c1-3-10(2)13(14(16)20)18-12(19)9-17-15(21)11-7-5-4-6-8-11/h4-8,10,13H,3,9H2,1-2H3,(H2,16,20)(H,17,21)(H,18,19)/t10-,13-/m1/s1. The molecule has 6 heteroatoms. The maximum atomic E-state index is 11.8. The number of carbonyl (C=O) groups excluding carboxylic acids is 3. The van der Waals surface area contributed by atoms with Crippen molar-refractivity contribution < 1.29 is 14.4 Å². The minimum absolute atomic E-state index is 0.0590. The summed E-state index contributed by atoms with van der Waals surface area (Å²) in [6.07, 6.45) is 0.713. The minimum atomic E-state index is -0.726. The number of hydrogen-bond acceptors (Lipinski definition) is 3. The van der Waals surface area contributed by atoms with Gasteiger partial charge in [0, 0.05) is 5.56 Å². The van der Waals surface area contributed by atoms with E-state index in [-0.39, 0.29) is 18.4 Å². The van der Waals surface area contributed by atoms with Crippen molar-refractivity contribution in [1.29, 1.82) is 0 Å². The lowest BCUT2D eigenvalue weighted by molar-refractivity contribution is -0.127. The zero-order valence-electron chi connectivity index (χ0n) is 12.3. The summed E-state index contributed by atoms with van der Waals surface area (Å²) in [5.74, 6) is -1.42. The zero-order chi connectivity index (χ0) is 15.8. The van der Waals surface area contributed by atoms with Crippen LogP contribution in [0.15, 0.2) is 30.3 Å². The summed E-state index contributed by atoms with van der Waals surface area (Å²) < 4.78 is 0. The molecule has 4 N–H and O–H groups in total. The molecule has 1 aromatic carbocycles.